The minimum absolute atomic E-state index is 0.194. The van der Waals surface area contributed by atoms with Crippen LogP contribution in [-0.4, -0.2) is 51.3 Å². The van der Waals surface area contributed by atoms with Gasteiger partial charge in [-0.25, -0.2) is 9.07 Å². The highest BCUT2D eigenvalue weighted by atomic mass is 32.1. The van der Waals surface area contributed by atoms with Crippen molar-refractivity contribution in [3.05, 3.63) is 58.3 Å². The molecule has 1 aliphatic rings. The van der Waals surface area contributed by atoms with Crippen molar-refractivity contribution in [1.29, 1.82) is 0 Å². The third kappa shape index (κ3) is 4.01. The Hall–Kier alpha value is -2.32. The first-order valence-corrected chi connectivity index (χ1v) is 10.2. The number of anilines is 1. The molecule has 1 unspecified atom stereocenters. The number of hydrogen-bond acceptors (Lipinski definition) is 6. The average Bonchev–Trinajstić information content (AvgIpc) is 3.37. The molecular formula is C19H23FN6S. The van der Waals surface area contributed by atoms with E-state index in [2.05, 4.69) is 49.8 Å². The number of tetrazole rings is 1. The van der Waals surface area contributed by atoms with E-state index in [1.165, 1.54) is 17.0 Å². The third-order valence-corrected chi connectivity index (χ3v) is 5.94. The lowest BCUT2D eigenvalue weighted by Crippen LogP contribution is -2.48. The van der Waals surface area contributed by atoms with Crippen molar-refractivity contribution in [1.82, 2.24) is 25.1 Å². The molecule has 0 N–H and O–H groups in total. The van der Waals surface area contributed by atoms with E-state index < -0.39 is 0 Å². The maximum atomic E-state index is 13.2. The van der Waals surface area contributed by atoms with Crippen LogP contribution in [-0.2, 0) is 6.54 Å². The molecule has 1 atom stereocenters. The third-order valence-electron chi connectivity index (χ3n) is 5.08. The zero-order valence-electron chi connectivity index (χ0n) is 15.3. The van der Waals surface area contributed by atoms with Gasteiger partial charge in [-0.2, -0.15) is 0 Å². The van der Waals surface area contributed by atoms with Crippen LogP contribution in [0.5, 0.6) is 0 Å². The second-order valence-corrected chi connectivity index (χ2v) is 7.73. The Morgan fingerprint density at radius 2 is 1.89 bits per heavy atom. The van der Waals surface area contributed by atoms with Crippen molar-refractivity contribution < 1.29 is 4.39 Å². The van der Waals surface area contributed by atoms with Crippen molar-refractivity contribution >= 4 is 17.0 Å². The average molecular weight is 387 g/mol. The van der Waals surface area contributed by atoms with Crippen molar-refractivity contribution in [3.63, 3.8) is 0 Å². The first-order chi connectivity index (χ1) is 13.2. The smallest absolute Gasteiger partial charge is 0.168 e. The molecule has 1 aliphatic heterocycles. The summed E-state index contributed by atoms with van der Waals surface area (Å²) in [5.74, 6) is 0.738. The van der Waals surface area contributed by atoms with Gasteiger partial charge >= 0.3 is 0 Å². The normalized spacial score (nSPS) is 16.6. The van der Waals surface area contributed by atoms with Crippen molar-refractivity contribution in [2.45, 2.75) is 25.9 Å². The fourth-order valence-electron chi connectivity index (χ4n) is 3.66. The number of rotatable bonds is 6. The van der Waals surface area contributed by atoms with Gasteiger partial charge in [0.15, 0.2) is 5.82 Å². The molecule has 0 saturated carbocycles. The predicted octanol–water partition coefficient (Wildman–Crippen LogP) is 3.20. The fraction of sp³-hybridized carbons (Fsp3) is 0.421. The Kier molecular flexibility index (Phi) is 5.45. The number of thiophene rings is 1. The Bertz CT molecular complexity index is 839. The molecule has 0 radical (unpaired) electrons. The van der Waals surface area contributed by atoms with Crippen molar-refractivity contribution in [3.8, 4) is 0 Å². The van der Waals surface area contributed by atoms with Gasteiger partial charge in [-0.05, 0) is 52.6 Å². The minimum Gasteiger partial charge on any atom is -0.369 e. The summed E-state index contributed by atoms with van der Waals surface area (Å²) in [7, 11) is 0. The highest BCUT2D eigenvalue weighted by molar-refractivity contribution is 7.09. The van der Waals surface area contributed by atoms with E-state index in [9.17, 15) is 4.39 Å². The lowest BCUT2D eigenvalue weighted by Gasteiger charge is -2.39. The van der Waals surface area contributed by atoms with E-state index in [0.29, 0.717) is 6.54 Å². The van der Waals surface area contributed by atoms with Gasteiger partial charge in [0.1, 0.15) is 5.82 Å². The monoisotopic (exact) mass is 386 g/mol. The van der Waals surface area contributed by atoms with Crippen LogP contribution in [0.3, 0.4) is 0 Å². The zero-order valence-corrected chi connectivity index (χ0v) is 16.1. The highest BCUT2D eigenvalue weighted by Crippen LogP contribution is 2.26. The van der Waals surface area contributed by atoms with Gasteiger partial charge in [-0.15, -0.1) is 16.4 Å². The lowest BCUT2D eigenvalue weighted by atomic mass is 10.1. The summed E-state index contributed by atoms with van der Waals surface area (Å²) in [6.45, 7) is 6.58. The topological polar surface area (TPSA) is 50.1 Å². The summed E-state index contributed by atoms with van der Waals surface area (Å²) in [5.41, 5.74) is 1.08. The number of hydrogen-bond donors (Lipinski definition) is 0. The van der Waals surface area contributed by atoms with Gasteiger partial charge in [-0.3, -0.25) is 4.90 Å². The highest BCUT2D eigenvalue weighted by Gasteiger charge is 2.28. The first kappa shape index (κ1) is 18.1. The minimum atomic E-state index is -0.194. The van der Waals surface area contributed by atoms with Crippen LogP contribution in [0.1, 0.15) is 30.1 Å². The molecule has 2 aromatic heterocycles. The maximum Gasteiger partial charge on any atom is 0.168 e. The summed E-state index contributed by atoms with van der Waals surface area (Å²) in [6.07, 6.45) is 0.960. The molecular weight excluding hydrogens is 363 g/mol. The van der Waals surface area contributed by atoms with Crippen molar-refractivity contribution in [2.75, 3.05) is 31.1 Å². The van der Waals surface area contributed by atoms with E-state index in [0.717, 1.165) is 44.1 Å². The van der Waals surface area contributed by atoms with E-state index in [4.69, 9.17) is 0 Å². The number of halogens is 1. The standard InChI is InChI=1S/C19H23FN6S/c1-2-18(19-21-22-23-26(19)14-17-4-3-13-27-17)25-11-9-24(10-12-25)16-7-5-15(20)6-8-16/h3-8,13,18H,2,9-12,14H2,1H3. The largest absolute Gasteiger partial charge is 0.369 e. The summed E-state index contributed by atoms with van der Waals surface area (Å²) >= 11 is 1.72. The Balaban J connectivity index is 1.44. The molecule has 0 amide bonds. The Labute approximate surface area is 162 Å². The molecule has 1 aromatic carbocycles. The Morgan fingerprint density at radius 1 is 1.11 bits per heavy atom. The van der Waals surface area contributed by atoms with Gasteiger partial charge < -0.3 is 4.90 Å². The molecule has 3 aromatic rings. The molecule has 8 heteroatoms. The molecule has 27 heavy (non-hydrogen) atoms. The van der Waals surface area contributed by atoms with Crippen molar-refractivity contribution in [2.24, 2.45) is 0 Å². The molecule has 1 fully saturated rings. The van der Waals surface area contributed by atoms with E-state index >= 15 is 0 Å². The van der Waals surface area contributed by atoms with Crippen LogP contribution in [0.4, 0.5) is 10.1 Å². The molecule has 4 rings (SSSR count). The summed E-state index contributed by atoms with van der Waals surface area (Å²) in [6, 6.07) is 11.1. The Morgan fingerprint density at radius 3 is 2.56 bits per heavy atom. The second-order valence-electron chi connectivity index (χ2n) is 6.70. The number of benzene rings is 1. The van der Waals surface area contributed by atoms with Crippen LogP contribution in [0.25, 0.3) is 0 Å². The number of nitrogens with zero attached hydrogens (tertiary/aromatic N) is 6. The van der Waals surface area contributed by atoms with Gasteiger partial charge in [-0.1, -0.05) is 13.0 Å². The second kappa shape index (κ2) is 8.14. The van der Waals surface area contributed by atoms with Crippen LogP contribution in [0.15, 0.2) is 41.8 Å². The van der Waals surface area contributed by atoms with Gasteiger partial charge in [0.05, 0.1) is 12.6 Å². The van der Waals surface area contributed by atoms with Gasteiger partial charge in [0.2, 0.25) is 0 Å². The summed E-state index contributed by atoms with van der Waals surface area (Å²) in [4.78, 5) is 6.01. The summed E-state index contributed by atoms with van der Waals surface area (Å²) < 4.78 is 15.1. The van der Waals surface area contributed by atoms with Gasteiger partial charge in [0, 0.05) is 36.7 Å². The molecule has 0 spiro atoms. The molecule has 3 heterocycles. The maximum absolute atomic E-state index is 13.2. The molecule has 6 nitrogen and oxygen atoms in total. The zero-order chi connectivity index (χ0) is 18.6. The SMILES string of the molecule is CCC(c1nnnn1Cc1cccs1)N1CCN(c2ccc(F)cc2)CC1. The predicted molar refractivity (Wildman–Crippen MR) is 104 cm³/mol. The molecule has 1 saturated heterocycles. The number of piperazine rings is 1. The quantitative estimate of drug-likeness (QED) is 0.651. The van der Waals surface area contributed by atoms with Crippen LogP contribution in [0, 0.1) is 5.82 Å². The number of aromatic nitrogens is 4. The lowest BCUT2D eigenvalue weighted by molar-refractivity contribution is 0.169. The van der Waals surface area contributed by atoms with Crippen LogP contribution in [0.2, 0.25) is 0 Å². The van der Waals surface area contributed by atoms with E-state index in [1.807, 2.05) is 16.8 Å². The molecule has 0 aliphatic carbocycles. The van der Waals surface area contributed by atoms with Crippen LogP contribution >= 0.6 is 11.3 Å². The van der Waals surface area contributed by atoms with Crippen LogP contribution < -0.4 is 4.90 Å². The first-order valence-electron chi connectivity index (χ1n) is 9.27. The molecule has 142 valence electrons. The van der Waals surface area contributed by atoms with E-state index in [1.54, 1.807) is 11.3 Å². The van der Waals surface area contributed by atoms with E-state index in [-0.39, 0.29) is 11.9 Å². The van der Waals surface area contributed by atoms with Gasteiger partial charge in [0.25, 0.3) is 0 Å². The molecule has 0 bridgehead atoms. The fourth-order valence-corrected chi connectivity index (χ4v) is 4.35. The summed E-state index contributed by atoms with van der Waals surface area (Å²) in [5, 5.41) is 14.6.